The Balaban J connectivity index is 1.41. The third kappa shape index (κ3) is 6.28. The Morgan fingerprint density at radius 1 is 1.22 bits per heavy atom. The van der Waals surface area contributed by atoms with Crippen molar-refractivity contribution >= 4 is 33.9 Å². The number of nitrogens with one attached hydrogen (secondary N) is 2. The Morgan fingerprint density at radius 3 is 2.59 bits per heavy atom. The molecule has 9 nitrogen and oxygen atoms in total. The van der Waals surface area contributed by atoms with Crippen LogP contribution in [0.4, 0.5) is 38.5 Å². The first-order valence-electron chi connectivity index (χ1n) is 11.1. The number of aromatic nitrogens is 4. The van der Waals surface area contributed by atoms with E-state index in [-0.39, 0.29) is 40.9 Å². The second-order valence-electron chi connectivity index (χ2n) is 8.25. The summed E-state index contributed by atoms with van der Waals surface area (Å²) in [5.74, 6) is -3.59. The van der Waals surface area contributed by atoms with E-state index >= 15 is 0 Å². The fourth-order valence-electron chi connectivity index (χ4n) is 3.65. The summed E-state index contributed by atoms with van der Waals surface area (Å²) in [5, 5.41) is 5.63. The zero-order valence-corrected chi connectivity index (χ0v) is 20.5. The molecule has 4 heterocycles. The monoisotopic (exact) mass is 543 g/mol. The van der Waals surface area contributed by atoms with Crippen LogP contribution in [0.25, 0.3) is 0 Å². The maximum absolute atomic E-state index is 14.4. The number of pyridine rings is 1. The number of ether oxygens (including phenoxy) is 1. The van der Waals surface area contributed by atoms with Gasteiger partial charge in [0.05, 0.1) is 42.1 Å². The van der Waals surface area contributed by atoms with Crippen LogP contribution in [-0.2, 0) is 6.18 Å². The van der Waals surface area contributed by atoms with Crippen molar-refractivity contribution in [1.29, 1.82) is 0 Å². The number of hydrogen-bond acceptors (Lipinski definition) is 9. The van der Waals surface area contributed by atoms with Crippen LogP contribution in [0.3, 0.4) is 0 Å². The maximum Gasteiger partial charge on any atom is 0.434 e. The smallest absolute Gasteiger partial charge is 0.434 e. The number of carbonyl (C=O) groups is 1. The quantitative estimate of drug-likeness (QED) is 0.411. The molecule has 3 aromatic heterocycles. The Bertz CT molecular complexity index is 1240. The number of nitrogens with zero attached hydrogens (tertiary/aromatic N) is 5. The summed E-state index contributed by atoms with van der Waals surface area (Å²) in [4.78, 5) is 25.6. The molecule has 1 aliphatic rings. The predicted octanol–water partition coefficient (Wildman–Crippen LogP) is 4.76. The average Bonchev–Trinajstić information content (AvgIpc) is 3.20. The van der Waals surface area contributed by atoms with Crippen LogP contribution in [0.1, 0.15) is 35.1 Å². The van der Waals surface area contributed by atoms with E-state index in [4.69, 9.17) is 4.74 Å². The van der Waals surface area contributed by atoms with Gasteiger partial charge >= 0.3 is 6.18 Å². The fraction of sp³-hybridized carbons (Fsp3) is 0.409. The topological polar surface area (TPSA) is 105 Å². The Morgan fingerprint density at radius 2 is 2.00 bits per heavy atom. The molecule has 1 amide bonds. The highest BCUT2D eigenvalue weighted by atomic mass is 32.1. The third-order valence-electron chi connectivity index (χ3n) is 5.59. The molecule has 4 rings (SSSR count). The number of likely N-dealkylation sites (tertiary alicyclic amines) is 1. The molecule has 37 heavy (non-hydrogen) atoms. The molecule has 0 spiro atoms. The van der Waals surface area contributed by atoms with E-state index in [1.54, 1.807) is 11.8 Å². The lowest BCUT2D eigenvalue weighted by atomic mass is 10.0. The molecule has 0 saturated carbocycles. The maximum atomic E-state index is 14.4. The number of hydrogen-bond donors (Lipinski definition) is 2. The number of anilines is 3. The molecular formula is C22H22F5N7O2S. The first-order valence-corrected chi connectivity index (χ1v) is 11.9. The normalized spacial score (nSPS) is 17.9. The Kier molecular flexibility index (Phi) is 7.54. The van der Waals surface area contributed by atoms with Crippen LogP contribution in [0.2, 0.25) is 0 Å². The number of piperidine rings is 1. The SMILES string of the molecule is CCN1CCC(Oc2ccc(NC(=O)c3c(C)nsc3Nc3cnc(C(F)(F)F)cn3)cn2)C(F)(F)C1. The van der Waals surface area contributed by atoms with Crippen LogP contribution in [0.5, 0.6) is 5.88 Å². The zero-order chi connectivity index (χ0) is 26.8. The van der Waals surface area contributed by atoms with Crippen molar-refractivity contribution in [2.45, 2.75) is 38.5 Å². The third-order valence-corrected chi connectivity index (χ3v) is 6.45. The summed E-state index contributed by atoms with van der Waals surface area (Å²) in [6, 6.07) is 2.84. The lowest BCUT2D eigenvalue weighted by Crippen LogP contribution is -2.53. The van der Waals surface area contributed by atoms with Crippen molar-refractivity contribution in [2.75, 3.05) is 30.3 Å². The number of halogens is 5. The Hall–Kier alpha value is -3.46. The molecule has 0 radical (unpaired) electrons. The summed E-state index contributed by atoms with van der Waals surface area (Å²) in [6.07, 6.45) is -3.02. The summed E-state index contributed by atoms with van der Waals surface area (Å²) >= 11 is 0.921. The van der Waals surface area contributed by atoms with Crippen molar-refractivity contribution in [3.05, 3.63) is 47.7 Å². The summed E-state index contributed by atoms with van der Waals surface area (Å²) in [6.45, 7) is 4.05. The minimum atomic E-state index is -4.63. The van der Waals surface area contributed by atoms with Crippen molar-refractivity contribution in [1.82, 2.24) is 24.2 Å². The van der Waals surface area contributed by atoms with E-state index in [1.807, 2.05) is 6.92 Å². The van der Waals surface area contributed by atoms with Gasteiger partial charge in [0, 0.05) is 19.0 Å². The minimum absolute atomic E-state index is 0.00392. The largest absolute Gasteiger partial charge is 0.468 e. The van der Waals surface area contributed by atoms with Gasteiger partial charge in [-0.3, -0.25) is 9.69 Å². The highest BCUT2D eigenvalue weighted by Gasteiger charge is 2.46. The summed E-state index contributed by atoms with van der Waals surface area (Å²) in [7, 11) is 0. The second kappa shape index (κ2) is 10.5. The fourth-order valence-corrected chi connectivity index (χ4v) is 4.45. The molecular weight excluding hydrogens is 521 g/mol. The van der Waals surface area contributed by atoms with Crippen molar-refractivity contribution in [3.8, 4) is 5.88 Å². The number of alkyl halides is 5. The Labute approximate surface area is 212 Å². The molecule has 0 bridgehead atoms. The van der Waals surface area contributed by atoms with Gasteiger partial charge < -0.3 is 15.4 Å². The molecule has 3 aromatic rings. The van der Waals surface area contributed by atoms with Crippen LogP contribution in [-0.4, -0.2) is 61.8 Å². The summed E-state index contributed by atoms with van der Waals surface area (Å²) in [5.41, 5.74) is -0.352. The number of aryl methyl sites for hydroxylation is 1. The first kappa shape index (κ1) is 26.6. The van der Waals surface area contributed by atoms with Gasteiger partial charge in [-0.05, 0) is 31.1 Å². The molecule has 1 saturated heterocycles. The van der Waals surface area contributed by atoms with E-state index < -0.39 is 29.8 Å². The molecule has 1 fully saturated rings. The van der Waals surface area contributed by atoms with Gasteiger partial charge in [-0.2, -0.15) is 17.5 Å². The molecule has 198 valence electrons. The number of carbonyl (C=O) groups excluding carboxylic acids is 1. The van der Waals surface area contributed by atoms with Crippen LogP contribution < -0.4 is 15.4 Å². The minimum Gasteiger partial charge on any atom is -0.468 e. The van der Waals surface area contributed by atoms with Gasteiger partial charge in [0.15, 0.2) is 11.8 Å². The van der Waals surface area contributed by atoms with E-state index in [9.17, 15) is 26.7 Å². The predicted molar refractivity (Wildman–Crippen MR) is 125 cm³/mol. The second-order valence-corrected chi connectivity index (χ2v) is 9.02. The lowest BCUT2D eigenvalue weighted by Gasteiger charge is -2.37. The van der Waals surface area contributed by atoms with Crippen molar-refractivity contribution < 1.29 is 31.5 Å². The molecule has 0 aliphatic carbocycles. The lowest BCUT2D eigenvalue weighted by molar-refractivity contribution is -0.141. The van der Waals surface area contributed by atoms with Crippen LogP contribution in [0, 0.1) is 6.92 Å². The van der Waals surface area contributed by atoms with Crippen molar-refractivity contribution in [2.24, 2.45) is 0 Å². The van der Waals surface area contributed by atoms with Gasteiger partial charge in [-0.15, -0.1) is 0 Å². The van der Waals surface area contributed by atoms with Gasteiger partial charge in [0.2, 0.25) is 5.88 Å². The van der Waals surface area contributed by atoms with E-state index in [0.29, 0.717) is 25.0 Å². The van der Waals surface area contributed by atoms with Gasteiger partial charge in [-0.1, -0.05) is 6.92 Å². The highest BCUT2D eigenvalue weighted by molar-refractivity contribution is 7.10. The highest BCUT2D eigenvalue weighted by Crippen LogP contribution is 2.32. The molecule has 1 atom stereocenters. The standard InChI is InChI=1S/C22H22F5N7O2S/c1-3-34-7-6-15(21(23,24)11-34)36-17-5-4-13(8-30-17)31-19(35)18-12(2)33-37-20(18)32-16-10-28-14(9-29-16)22(25,26)27/h4-5,8-10,15H,3,6-7,11H2,1-2H3,(H,29,32)(H,31,35). The van der Waals surface area contributed by atoms with E-state index in [1.165, 1.54) is 18.3 Å². The van der Waals surface area contributed by atoms with Crippen molar-refractivity contribution in [3.63, 3.8) is 0 Å². The zero-order valence-electron chi connectivity index (χ0n) is 19.6. The first-order chi connectivity index (χ1) is 17.5. The van der Waals surface area contributed by atoms with Gasteiger partial charge in [0.1, 0.15) is 10.8 Å². The molecule has 15 heteroatoms. The number of amides is 1. The van der Waals surface area contributed by atoms with E-state index in [2.05, 4.69) is 30.0 Å². The van der Waals surface area contributed by atoms with Gasteiger partial charge in [0.25, 0.3) is 11.8 Å². The van der Waals surface area contributed by atoms with E-state index in [0.717, 1.165) is 17.7 Å². The summed E-state index contributed by atoms with van der Waals surface area (Å²) < 4.78 is 76.4. The molecule has 1 unspecified atom stereocenters. The van der Waals surface area contributed by atoms with Crippen LogP contribution >= 0.6 is 11.5 Å². The van der Waals surface area contributed by atoms with Gasteiger partial charge in [-0.25, -0.2) is 23.7 Å². The number of rotatable bonds is 7. The molecule has 2 N–H and O–H groups in total. The molecule has 0 aromatic carbocycles. The van der Waals surface area contributed by atoms with Crippen LogP contribution in [0.15, 0.2) is 30.7 Å². The molecule has 1 aliphatic heterocycles. The average molecular weight is 544 g/mol.